The molecule has 0 aliphatic carbocycles. The number of carbonyl (C=O) groups is 1. The molecule has 1 fully saturated rings. The van der Waals surface area contributed by atoms with Crippen LogP contribution in [0.3, 0.4) is 0 Å². The van der Waals surface area contributed by atoms with Crippen molar-refractivity contribution in [2.24, 2.45) is 5.92 Å². The summed E-state index contributed by atoms with van der Waals surface area (Å²) in [6, 6.07) is 7.95. The average Bonchev–Trinajstić information content (AvgIpc) is 3.19. The van der Waals surface area contributed by atoms with Gasteiger partial charge in [-0.05, 0) is 44.0 Å². The van der Waals surface area contributed by atoms with Crippen molar-refractivity contribution in [3.05, 3.63) is 30.1 Å². The topological polar surface area (TPSA) is 61.0 Å². The van der Waals surface area contributed by atoms with E-state index in [4.69, 9.17) is 0 Å². The zero-order valence-electron chi connectivity index (χ0n) is 13.8. The molecule has 1 aliphatic rings. The summed E-state index contributed by atoms with van der Waals surface area (Å²) in [5.74, 6) is 1.49. The molecule has 0 spiro atoms. The number of aromatic amines is 1. The number of H-pyrrole nitrogens is 1. The molecule has 0 radical (unpaired) electrons. The van der Waals surface area contributed by atoms with Gasteiger partial charge >= 0.3 is 0 Å². The fourth-order valence-corrected chi connectivity index (χ4v) is 3.20. The molecular weight excluding hydrogens is 288 g/mol. The van der Waals surface area contributed by atoms with Gasteiger partial charge in [0.1, 0.15) is 5.82 Å². The van der Waals surface area contributed by atoms with Crippen LogP contribution in [0.1, 0.15) is 32.0 Å². The number of hydrogen-bond donors (Lipinski definition) is 2. The Morgan fingerprint density at radius 1 is 1.35 bits per heavy atom. The second kappa shape index (κ2) is 7.59. The molecule has 0 unspecified atom stereocenters. The highest BCUT2D eigenvalue weighted by Crippen LogP contribution is 2.12. The van der Waals surface area contributed by atoms with E-state index < -0.39 is 0 Å². The Kier molecular flexibility index (Phi) is 5.28. The van der Waals surface area contributed by atoms with Crippen LogP contribution in [0.2, 0.25) is 0 Å². The smallest absolute Gasteiger partial charge is 0.220 e. The summed E-state index contributed by atoms with van der Waals surface area (Å²) in [6.45, 7) is 6.48. The molecule has 1 saturated heterocycles. The van der Waals surface area contributed by atoms with E-state index in [1.54, 1.807) is 0 Å². The third-order valence-electron chi connectivity index (χ3n) is 4.44. The number of imidazole rings is 1. The van der Waals surface area contributed by atoms with Gasteiger partial charge in [-0.3, -0.25) is 4.79 Å². The standard InChI is InChI=1S/C18H26N4O/c1-14(13-22-10-4-5-11-22)12-19-18(23)9-8-17-20-15-6-2-3-7-16(15)21-17/h2-3,6-7,14H,4-5,8-13H2,1H3,(H,19,23)(H,20,21)/t14-/m0/s1. The van der Waals surface area contributed by atoms with Gasteiger partial charge in [0.25, 0.3) is 0 Å². The highest BCUT2D eigenvalue weighted by Gasteiger charge is 2.15. The highest BCUT2D eigenvalue weighted by molar-refractivity contribution is 5.77. The molecule has 0 bridgehead atoms. The molecule has 1 atom stereocenters. The van der Waals surface area contributed by atoms with Gasteiger partial charge in [0.2, 0.25) is 5.91 Å². The first kappa shape index (κ1) is 16.0. The summed E-state index contributed by atoms with van der Waals surface area (Å²) >= 11 is 0. The molecule has 1 amide bonds. The van der Waals surface area contributed by atoms with Gasteiger partial charge < -0.3 is 15.2 Å². The quantitative estimate of drug-likeness (QED) is 0.824. The molecule has 1 aliphatic heterocycles. The maximum Gasteiger partial charge on any atom is 0.220 e. The molecule has 5 nitrogen and oxygen atoms in total. The predicted molar refractivity (Wildman–Crippen MR) is 92.3 cm³/mol. The van der Waals surface area contributed by atoms with Gasteiger partial charge in [-0.25, -0.2) is 4.98 Å². The Bertz CT molecular complexity index is 612. The number of rotatable bonds is 7. The highest BCUT2D eigenvalue weighted by atomic mass is 16.1. The summed E-state index contributed by atoms with van der Waals surface area (Å²) in [5.41, 5.74) is 1.99. The minimum Gasteiger partial charge on any atom is -0.356 e. The zero-order chi connectivity index (χ0) is 16.1. The minimum atomic E-state index is 0.110. The molecule has 1 aromatic heterocycles. The van der Waals surface area contributed by atoms with Gasteiger partial charge in [0, 0.05) is 25.9 Å². The molecule has 2 N–H and O–H groups in total. The molecule has 2 aromatic rings. The maximum atomic E-state index is 12.0. The number of likely N-dealkylation sites (tertiary alicyclic amines) is 1. The summed E-state index contributed by atoms with van der Waals surface area (Å²) in [4.78, 5) is 22.3. The first-order valence-electron chi connectivity index (χ1n) is 8.63. The number of fused-ring (bicyclic) bond motifs is 1. The summed E-state index contributed by atoms with van der Waals surface area (Å²) < 4.78 is 0. The van der Waals surface area contributed by atoms with Crippen LogP contribution in [-0.4, -0.2) is 47.0 Å². The molecule has 23 heavy (non-hydrogen) atoms. The average molecular weight is 314 g/mol. The van der Waals surface area contributed by atoms with Crippen LogP contribution in [0.4, 0.5) is 0 Å². The van der Waals surface area contributed by atoms with Gasteiger partial charge in [-0.2, -0.15) is 0 Å². The Balaban J connectivity index is 1.38. The van der Waals surface area contributed by atoms with Crippen molar-refractivity contribution >= 4 is 16.9 Å². The van der Waals surface area contributed by atoms with Crippen molar-refractivity contribution in [2.75, 3.05) is 26.2 Å². The number of carbonyl (C=O) groups excluding carboxylic acids is 1. The van der Waals surface area contributed by atoms with Crippen molar-refractivity contribution in [1.82, 2.24) is 20.2 Å². The van der Waals surface area contributed by atoms with Crippen molar-refractivity contribution < 1.29 is 4.79 Å². The van der Waals surface area contributed by atoms with E-state index in [9.17, 15) is 4.79 Å². The molecule has 0 saturated carbocycles. The van der Waals surface area contributed by atoms with Crippen LogP contribution >= 0.6 is 0 Å². The second-order valence-corrected chi connectivity index (χ2v) is 6.62. The Hall–Kier alpha value is -1.88. The first-order chi connectivity index (χ1) is 11.2. The Labute approximate surface area is 137 Å². The van der Waals surface area contributed by atoms with Crippen molar-refractivity contribution in [2.45, 2.75) is 32.6 Å². The van der Waals surface area contributed by atoms with E-state index in [0.717, 1.165) is 29.9 Å². The van der Waals surface area contributed by atoms with Crippen molar-refractivity contribution in [3.63, 3.8) is 0 Å². The lowest BCUT2D eigenvalue weighted by Gasteiger charge is -2.20. The van der Waals surface area contributed by atoms with E-state index in [0.29, 0.717) is 18.8 Å². The molecule has 3 rings (SSSR count). The predicted octanol–water partition coefficient (Wildman–Crippen LogP) is 2.34. The van der Waals surface area contributed by atoms with E-state index in [-0.39, 0.29) is 5.91 Å². The van der Waals surface area contributed by atoms with Gasteiger partial charge in [-0.15, -0.1) is 0 Å². The molecule has 2 heterocycles. The van der Waals surface area contributed by atoms with Crippen molar-refractivity contribution in [1.29, 1.82) is 0 Å². The summed E-state index contributed by atoms with van der Waals surface area (Å²) in [6.07, 6.45) is 3.77. The van der Waals surface area contributed by atoms with E-state index >= 15 is 0 Å². The Morgan fingerprint density at radius 3 is 2.91 bits per heavy atom. The first-order valence-corrected chi connectivity index (χ1v) is 8.63. The van der Waals surface area contributed by atoms with E-state index in [1.807, 2.05) is 24.3 Å². The maximum absolute atomic E-state index is 12.0. The SMILES string of the molecule is C[C@@H](CNC(=O)CCc1nc2ccccc2[nH]1)CN1CCCC1. The monoisotopic (exact) mass is 314 g/mol. The third-order valence-corrected chi connectivity index (χ3v) is 4.44. The molecule has 5 heteroatoms. The number of amides is 1. The van der Waals surface area contributed by atoms with Crippen LogP contribution in [0.5, 0.6) is 0 Å². The van der Waals surface area contributed by atoms with E-state index in [1.165, 1.54) is 25.9 Å². The summed E-state index contributed by atoms with van der Waals surface area (Å²) in [7, 11) is 0. The lowest BCUT2D eigenvalue weighted by atomic mass is 10.1. The number of benzene rings is 1. The van der Waals surface area contributed by atoms with Gasteiger partial charge in [0.05, 0.1) is 11.0 Å². The fraction of sp³-hybridized carbons (Fsp3) is 0.556. The number of aromatic nitrogens is 2. The van der Waals surface area contributed by atoms with Crippen molar-refractivity contribution in [3.8, 4) is 0 Å². The lowest BCUT2D eigenvalue weighted by Crippen LogP contribution is -2.34. The lowest BCUT2D eigenvalue weighted by molar-refractivity contribution is -0.121. The fourth-order valence-electron chi connectivity index (χ4n) is 3.20. The number of nitrogens with zero attached hydrogens (tertiary/aromatic N) is 2. The number of nitrogens with one attached hydrogen (secondary N) is 2. The molecule has 124 valence electrons. The third kappa shape index (κ3) is 4.55. The van der Waals surface area contributed by atoms with Gasteiger partial charge in [-0.1, -0.05) is 19.1 Å². The molecular formula is C18H26N4O. The number of hydrogen-bond acceptors (Lipinski definition) is 3. The Morgan fingerprint density at radius 2 is 2.13 bits per heavy atom. The van der Waals surface area contributed by atoms with Crippen LogP contribution in [0.15, 0.2) is 24.3 Å². The largest absolute Gasteiger partial charge is 0.356 e. The molecule has 1 aromatic carbocycles. The zero-order valence-corrected chi connectivity index (χ0v) is 13.8. The van der Waals surface area contributed by atoms with Crippen LogP contribution < -0.4 is 5.32 Å². The van der Waals surface area contributed by atoms with E-state index in [2.05, 4.69) is 27.1 Å². The number of aryl methyl sites for hydroxylation is 1. The summed E-state index contributed by atoms with van der Waals surface area (Å²) in [5, 5.41) is 3.05. The number of para-hydroxylation sites is 2. The van der Waals surface area contributed by atoms with Gasteiger partial charge in [0.15, 0.2) is 0 Å². The van der Waals surface area contributed by atoms with Crippen LogP contribution in [-0.2, 0) is 11.2 Å². The van der Waals surface area contributed by atoms with Crippen LogP contribution in [0, 0.1) is 5.92 Å². The second-order valence-electron chi connectivity index (χ2n) is 6.62. The van der Waals surface area contributed by atoms with Crippen LogP contribution in [0.25, 0.3) is 11.0 Å². The minimum absolute atomic E-state index is 0.110. The normalized spacial score (nSPS) is 16.7.